The SMILES string of the molecule is COC(=O)c1ccc(NC(=O)c2ccnc(C(=O)NC(C)(C)C)c2)cc1. The van der Waals surface area contributed by atoms with E-state index >= 15 is 0 Å². The van der Waals surface area contributed by atoms with Crippen molar-refractivity contribution in [3.05, 3.63) is 59.4 Å². The van der Waals surface area contributed by atoms with Crippen LogP contribution in [0.5, 0.6) is 0 Å². The van der Waals surface area contributed by atoms with Crippen molar-refractivity contribution in [2.24, 2.45) is 0 Å². The van der Waals surface area contributed by atoms with Crippen LogP contribution in [0.1, 0.15) is 52.0 Å². The minimum Gasteiger partial charge on any atom is -0.465 e. The van der Waals surface area contributed by atoms with Crippen molar-refractivity contribution >= 4 is 23.5 Å². The molecule has 136 valence electrons. The van der Waals surface area contributed by atoms with Crippen LogP contribution in [-0.4, -0.2) is 35.4 Å². The molecule has 0 aliphatic rings. The number of benzene rings is 1. The highest BCUT2D eigenvalue weighted by Gasteiger charge is 2.17. The Morgan fingerprint density at radius 1 is 0.962 bits per heavy atom. The lowest BCUT2D eigenvalue weighted by atomic mass is 10.1. The average Bonchev–Trinajstić information content (AvgIpc) is 2.60. The Labute approximate surface area is 151 Å². The number of esters is 1. The van der Waals surface area contributed by atoms with Gasteiger partial charge in [-0.25, -0.2) is 4.79 Å². The molecule has 1 heterocycles. The van der Waals surface area contributed by atoms with Crippen LogP contribution >= 0.6 is 0 Å². The number of ether oxygens (including phenoxy) is 1. The highest BCUT2D eigenvalue weighted by atomic mass is 16.5. The Balaban J connectivity index is 2.11. The highest BCUT2D eigenvalue weighted by molar-refractivity contribution is 6.06. The fourth-order valence-electron chi connectivity index (χ4n) is 2.11. The predicted octanol–water partition coefficient (Wildman–Crippen LogP) is 2.65. The van der Waals surface area contributed by atoms with Crippen molar-refractivity contribution < 1.29 is 19.1 Å². The van der Waals surface area contributed by atoms with Crippen molar-refractivity contribution in [1.82, 2.24) is 10.3 Å². The van der Waals surface area contributed by atoms with Crippen molar-refractivity contribution in [2.45, 2.75) is 26.3 Å². The zero-order valence-electron chi connectivity index (χ0n) is 15.1. The Kier molecular flexibility index (Phi) is 5.71. The monoisotopic (exact) mass is 355 g/mol. The van der Waals surface area contributed by atoms with Gasteiger partial charge in [0.2, 0.25) is 0 Å². The molecule has 2 rings (SSSR count). The van der Waals surface area contributed by atoms with Crippen LogP contribution in [0.4, 0.5) is 5.69 Å². The van der Waals surface area contributed by atoms with E-state index in [9.17, 15) is 14.4 Å². The fraction of sp³-hybridized carbons (Fsp3) is 0.263. The second kappa shape index (κ2) is 7.77. The zero-order chi connectivity index (χ0) is 19.3. The number of methoxy groups -OCH3 is 1. The third kappa shape index (κ3) is 5.14. The van der Waals surface area contributed by atoms with Gasteiger partial charge in [0.25, 0.3) is 11.8 Å². The number of hydrogen-bond acceptors (Lipinski definition) is 5. The van der Waals surface area contributed by atoms with Gasteiger partial charge in [-0.05, 0) is 57.2 Å². The molecule has 0 fully saturated rings. The normalized spacial score (nSPS) is 10.8. The van der Waals surface area contributed by atoms with E-state index in [0.29, 0.717) is 16.8 Å². The van der Waals surface area contributed by atoms with E-state index in [2.05, 4.69) is 20.4 Å². The van der Waals surface area contributed by atoms with Gasteiger partial charge in [0.1, 0.15) is 5.69 Å². The molecule has 0 spiro atoms. The molecule has 0 saturated carbocycles. The second-order valence-electron chi connectivity index (χ2n) is 6.66. The molecular weight excluding hydrogens is 334 g/mol. The van der Waals surface area contributed by atoms with E-state index in [1.165, 1.54) is 25.4 Å². The lowest BCUT2D eigenvalue weighted by Gasteiger charge is -2.20. The van der Waals surface area contributed by atoms with Gasteiger partial charge in [0, 0.05) is 23.0 Å². The largest absolute Gasteiger partial charge is 0.465 e. The maximum absolute atomic E-state index is 12.4. The lowest BCUT2D eigenvalue weighted by Crippen LogP contribution is -2.41. The number of carbonyl (C=O) groups is 3. The molecule has 0 radical (unpaired) electrons. The summed E-state index contributed by atoms with van der Waals surface area (Å²) in [7, 11) is 1.30. The van der Waals surface area contributed by atoms with Crippen molar-refractivity contribution in [1.29, 1.82) is 0 Å². The van der Waals surface area contributed by atoms with Crippen LogP contribution in [0.2, 0.25) is 0 Å². The zero-order valence-corrected chi connectivity index (χ0v) is 15.1. The van der Waals surface area contributed by atoms with E-state index in [4.69, 9.17) is 0 Å². The van der Waals surface area contributed by atoms with Crippen LogP contribution in [0.25, 0.3) is 0 Å². The first kappa shape index (κ1) is 19.1. The maximum atomic E-state index is 12.4. The van der Waals surface area contributed by atoms with Crippen molar-refractivity contribution in [3.8, 4) is 0 Å². The highest BCUT2D eigenvalue weighted by Crippen LogP contribution is 2.13. The number of hydrogen-bond donors (Lipinski definition) is 2. The molecule has 2 N–H and O–H groups in total. The Morgan fingerprint density at radius 2 is 1.62 bits per heavy atom. The standard InChI is InChI=1S/C19H21N3O4/c1-19(2,3)22-17(24)15-11-13(9-10-20-15)16(23)21-14-7-5-12(6-8-14)18(25)26-4/h5-11H,1-4H3,(H,21,23)(H,22,24). The van der Waals surface area contributed by atoms with Crippen molar-refractivity contribution in [2.75, 3.05) is 12.4 Å². The van der Waals surface area contributed by atoms with Gasteiger partial charge >= 0.3 is 5.97 Å². The van der Waals surface area contributed by atoms with E-state index < -0.39 is 11.5 Å². The summed E-state index contributed by atoms with van der Waals surface area (Å²) in [4.78, 5) is 40.0. The molecule has 0 atom stereocenters. The Morgan fingerprint density at radius 3 is 2.19 bits per heavy atom. The summed E-state index contributed by atoms with van der Waals surface area (Å²) in [5.41, 5.74) is 0.957. The number of rotatable bonds is 4. The van der Waals surface area contributed by atoms with Crippen LogP contribution in [0, 0.1) is 0 Å². The number of aromatic nitrogens is 1. The first-order valence-corrected chi connectivity index (χ1v) is 7.98. The summed E-state index contributed by atoms with van der Waals surface area (Å²) >= 11 is 0. The van der Waals surface area contributed by atoms with E-state index in [0.717, 1.165) is 0 Å². The molecule has 0 aliphatic heterocycles. The summed E-state index contributed by atoms with van der Waals surface area (Å²) in [6.07, 6.45) is 1.41. The lowest BCUT2D eigenvalue weighted by molar-refractivity contribution is 0.0600. The third-order valence-corrected chi connectivity index (χ3v) is 3.31. The van der Waals surface area contributed by atoms with Gasteiger partial charge in [-0.15, -0.1) is 0 Å². The Bertz CT molecular complexity index is 823. The van der Waals surface area contributed by atoms with Gasteiger partial charge in [-0.3, -0.25) is 14.6 Å². The van der Waals surface area contributed by atoms with Gasteiger partial charge in [0.15, 0.2) is 0 Å². The first-order chi connectivity index (χ1) is 12.2. The summed E-state index contributed by atoms with van der Waals surface area (Å²) in [6, 6.07) is 9.24. The number of anilines is 1. The molecule has 2 aromatic rings. The smallest absolute Gasteiger partial charge is 0.337 e. The van der Waals surface area contributed by atoms with Gasteiger partial charge in [-0.2, -0.15) is 0 Å². The minimum atomic E-state index is -0.452. The van der Waals surface area contributed by atoms with Crippen LogP contribution in [0.3, 0.4) is 0 Å². The van der Waals surface area contributed by atoms with E-state index in [1.54, 1.807) is 24.3 Å². The molecule has 7 nitrogen and oxygen atoms in total. The number of nitrogens with zero attached hydrogens (tertiary/aromatic N) is 1. The van der Waals surface area contributed by atoms with E-state index in [-0.39, 0.29) is 17.5 Å². The molecule has 0 bridgehead atoms. The van der Waals surface area contributed by atoms with E-state index in [1.807, 2.05) is 20.8 Å². The molecule has 1 aromatic heterocycles. The summed E-state index contributed by atoms with van der Waals surface area (Å²) < 4.78 is 4.63. The molecule has 0 aliphatic carbocycles. The maximum Gasteiger partial charge on any atom is 0.337 e. The topological polar surface area (TPSA) is 97.4 Å². The molecule has 26 heavy (non-hydrogen) atoms. The summed E-state index contributed by atoms with van der Waals surface area (Å²) in [5.74, 6) is -1.19. The number of carbonyl (C=O) groups excluding carboxylic acids is 3. The molecule has 0 saturated heterocycles. The van der Waals surface area contributed by atoms with Gasteiger partial charge < -0.3 is 15.4 Å². The van der Waals surface area contributed by atoms with Gasteiger partial charge in [0.05, 0.1) is 12.7 Å². The third-order valence-electron chi connectivity index (χ3n) is 3.31. The number of amides is 2. The van der Waals surface area contributed by atoms with Crippen LogP contribution in [0.15, 0.2) is 42.6 Å². The molecular formula is C19H21N3O4. The Hall–Kier alpha value is -3.22. The predicted molar refractivity (Wildman–Crippen MR) is 97.2 cm³/mol. The van der Waals surface area contributed by atoms with Gasteiger partial charge in [-0.1, -0.05) is 0 Å². The van der Waals surface area contributed by atoms with Crippen LogP contribution < -0.4 is 10.6 Å². The molecule has 1 aromatic carbocycles. The van der Waals surface area contributed by atoms with Crippen LogP contribution in [-0.2, 0) is 4.74 Å². The molecule has 7 heteroatoms. The molecule has 2 amide bonds. The summed E-state index contributed by atoms with van der Waals surface area (Å²) in [6.45, 7) is 5.58. The minimum absolute atomic E-state index is 0.161. The van der Waals surface area contributed by atoms with Crippen molar-refractivity contribution in [3.63, 3.8) is 0 Å². The average molecular weight is 355 g/mol. The summed E-state index contributed by atoms with van der Waals surface area (Å²) in [5, 5.41) is 5.50. The number of nitrogens with one attached hydrogen (secondary N) is 2. The fourth-order valence-corrected chi connectivity index (χ4v) is 2.11. The second-order valence-corrected chi connectivity index (χ2v) is 6.66. The number of pyridine rings is 1. The first-order valence-electron chi connectivity index (χ1n) is 7.98. The quantitative estimate of drug-likeness (QED) is 0.822. The molecule has 0 unspecified atom stereocenters.